The molecule has 0 heterocycles. The van der Waals surface area contributed by atoms with Crippen LogP contribution in [0.4, 0.5) is 5.69 Å². The van der Waals surface area contributed by atoms with Crippen molar-refractivity contribution in [2.75, 3.05) is 25.2 Å². The van der Waals surface area contributed by atoms with Gasteiger partial charge in [0.1, 0.15) is 6.61 Å². The Bertz CT molecular complexity index is 648. The van der Waals surface area contributed by atoms with Crippen LogP contribution in [0.15, 0.2) is 42.5 Å². The molecule has 0 aliphatic carbocycles. The number of methoxy groups -OCH3 is 1. The molecule has 0 fully saturated rings. The second kappa shape index (κ2) is 6.85. The molecular formula is C16H17NO4. The van der Waals surface area contributed by atoms with E-state index in [4.69, 9.17) is 9.84 Å². The van der Waals surface area contributed by atoms with E-state index in [1.807, 2.05) is 42.5 Å². The summed E-state index contributed by atoms with van der Waals surface area (Å²) in [5.74, 6) is -1.19. The number of carbonyl (C=O) groups is 2. The Balaban J connectivity index is 2.42. The summed E-state index contributed by atoms with van der Waals surface area (Å²) in [7, 11) is 1.44. The maximum absolute atomic E-state index is 12.2. The quantitative estimate of drug-likeness (QED) is 0.885. The smallest absolute Gasteiger partial charge is 0.305 e. The van der Waals surface area contributed by atoms with Crippen molar-refractivity contribution < 1.29 is 19.4 Å². The van der Waals surface area contributed by atoms with Gasteiger partial charge in [0.2, 0.25) is 0 Å². The molecule has 21 heavy (non-hydrogen) atoms. The summed E-state index contributed by atoms with van der Waals surface area (Å²) in [6.45, 7) is 0.0361. The van der Waals surface area contributed by atoms with Gasteiger partial charge in [-0.3, -0.25) is 9.59 Å². The summed E-state index contributed by atoms with van der Waals surface area (Å²) in [5.41, 5.74) is 0.705. The minimum absolute atomic E-state index is 0.0805. The fourth-order valence-corrected chi connectivity index (χ4v) is 2.23. The summed E-state index contributed by atoms with van der Waals surface area (Å²) in [5, 5.41) is 10.8. The van der Waals surface area contributed by atoms with Crippen LogP contribution in [0, 0.1) is 0 Å². The van der Waals surface area contributed by atoms with E-state index in [9.17, 15) is 9.59 Å². The van der Waals surface area contributed by atoms with E-state index >= 15 is 0 Å². The first-order chi connectivity index (χ1) is 10.1. The van der Waals surface area contributed by atoms with Gasteiger partial charge in [0.25, 0.3) is 5.91 Å². The van der Waals surface area contributed by atoms with Gasteiger partial charge >= 0.3 is 5.97 Å². The van der Waals surface area contributed by atoms with Crippen molar-refractivity contribution in [3.05, 3.63) is 42.5 Å². The SMILES string of the molecule is COCC(=O)N(CCC(=O)O)c1cccc2ccccc12. The highest BCUT2D eigenvalue weighted by Gasteiger charge is 2.18. The lowest BCUT2D eigenvalue weighted by Crippen LogP contribution is -2.35. The largest absolute Gasteiger partial charge is 0.481 e. The van der Waals surface area contributed by atoms with E-state index in [0.717, 1.165) is 10.8 Å². The topological polar surface area (TPSA) is 66.8 Å². The standard InChI is InChI=1S/C16H17NO4/c1-21-11-15(18)17(10-9-16(19)20)14-8-4-6-12-5-2-3-7-13(12)14/h2-8H,9-11H2,1H3,(H,19,20). The van der Waals surface area contributed by atoms with Crippen LogP contribution in [0.25, 0.3) is 10.8 Å². The summed E-state index contributed by atoms with van der Waals surface area (Å²) >= 11 is 0. The lowest BCUT2D eigenvalue weighted by Gasteiger charge is -2.23. The van der Waals surface area contributed by atoms with Gasteiger partial charge in [-0.1, -0.05) is 36.4 Å². The average Bonchev–Trinajstić information content (AvgIpc) is 2.47. The molecule has 2 aromatic rings. The first kappa shape index (κ1) is 15.0. The number of carboxylic acid groups (broad SMARTS) is 1. The monoisotopic (exact) mass is 287 g/mol. The Hall–Kier alpha value is -2.40. The number of carboxylic acids is 1. The zero-order valence-electron chi connectivity index (χ0n) is 11.8. The molecule has 0 saturated carbocycles. The van der Waals surface area contributed by atoms with Crippen molar-refractivity contribution in [3.8, 4) is 0 Å². The summed E-state index contributed by atoms with van der Waals surface area (Å²) < 4.78 is 4.89. The highest BCUT2D eigenvalue weighted by molar-refractivity contribution is 6.04. The van der Waals surface area contributed by atoms with Gasteiger partial charge in [0.15, 0.2) is 0 Å². The number of ether oxygens (including phenoxy) is 1. The number of benzene rings is 2. The number of nitrogens with zero attached hydrogens (tertiary/aromatic N) is 1. The molecule has 0 aromatic heterocycles. The third-order valence-corrected chi connectivity index (χ3v) is 3.18. The van der Waals surface area contributed by atoms with Crippen LogP contribution in [0.1, 0.15) is 6.42 Å². The summed E-state index contributed by atoms with van der Waals surface area (Å²) in [4.78, 5) is 24.5. The predicted octanol–water partition coefficient (Wildman–Crippen LogP) is 2.29. The van der Waals surface area contributed by atoms with Gasteiger partial charge in [-0.05, 0) is 11.5 Å². The molecule has 0 aliphatic heterocycles. The molecule has 2 aromatic carbocycles. The number of carbonyl (C=O) groups excluding carboxylic acids is 1. The fraction of sp³-hybridized carbons (Fsp3) is 0.250. The average molecular weight is 287 g/mol. The van der Waals surface area contributed by atoms with E-state index in [0.29, 0.717) is 5.69 Å². The molecule has 0 saturated heterocycles. The molecule has 0 spiro atoms. The Kier molecular flexibility index (Phi) is 4.90. The van der Waals surface area contributed by atoms with Crippen molar-refractivity contribution in [2.24, 2.45) is 0 Å². The Morgan fingerprint density at radius 2 is 1.86 bits per heavy atom. The minimum Gasteiger partial charge on any atom is -0.481 e. The van der Waals surface area contributed by atoms with Crippen LogP contribution in [0.5, 0.6) is 0 Å². The Labute approximate surface area is 122 Å². The van der Waals surface area contributed by atoms with Crippen molar-refractivity contribution >= 4 is 28.3 Å². The molecule has 5 heteroatoms. The van der Waals surface area contributed by atoms with Gasteiger partial charge in [-0.15, -0.1) is 0 Å². The zero-order valence-corrected chi connectivity index (χ0v) is 11.8. The molecule has 0 atom stereocenters. The summed E-state index contributed by atoms with van der Waals surface area (Å²) in [6.07, 6.45) is -0.112. The van der Waals surface area contributed by atoms with Crippen molar-refractivity contribution in [2.45, 2.75) is 6.42 Å². The van der Waals surface area contributed by atoms with Crippen LogP contribution in [-0.4, -0.2) is 37.2 Å². The van der Waals surface area contributed by atoms with Gasteiger partial charge < -0.3 is 14.7 Å². The van der Waals surface area contributed by atoms with Gasteiger partial charge in [-0.25, -0.2) is 0 Å². The summed E-state index contributed by atoms with van der Waals surface area (Å²) in [6, 6.07) is 13.3. The van der Waals surface area contributed by atoms with Crippen LogP contribution >= 0.6 is 0 Å². The van der Waals surface area contributed by atoms with E-state index in [-0.39, 0.29) is 25.5 Å². The first-order valence-corrected chi connectivity index (χ1v) is 6.62. The van der Waals surface area contributed by atoms with Crippen LogP contribution in [-0.2, 0) is 14.3 Å². The number of fused-ring (bicyclic) bond motifs is 1. The second-order valence-electron chi connectivity index (χ2n) is 4.62. The number of aliphatic carboxylic acids is 1. The van der Waals surface area contributed by atoms with Crippen LogP contribution < -0.4 is 4.90 Å². The molecule has 0 bridgehead atoms. The van der Waals surface area contributed by atoms with Gasteiger partial charge in [-0.2, -0.15) is 0 Å². The predicted molar refractivity (Wildman–Crippen MR) is 80.4 cm³/mol. The van der Waals surface area contributed by atoms with E-state index in [1.54, 1.807) is 0 Å². The molecule has 5 nitrogen and oxygen atoms in total. The molecular weight excluding hydrogens is 270 g/mol. The molecule has 110 valence electrons. The number of hydrogen-bond acceptors (Lipinski definition) is 3. The lowest BCUT2D eigenvalue weighted by molar-refractivity contribution is -0.136. The second-order valence-corrected chi connectivity index (χ2v) is 4.62. The minimum atomic E-state index is -0.939. The third kappa shape index (κ3) is 3.58. The van der Waals surface area contributed by atoms with E-state index in [2.05, 4.69) is 0 Å². The van der Waals surface area contributed by atoms with Crippen molar-refractivity contribution in [3.63, 3.8) is 0 Å². The highest BCUT2D eigenvalue weighted by Crippen LogP contribution is 2.27. The van der Waals surface area contributed by atoms with Gasteiger partial charge in [0.05, 0.1) is 12.1 Å². The van der Waals surface area contributed by atoms with E-state index < -0.39 is 5.97 Å². The molecule has 0 aliphatic rings. The third-order valence-electron chi connectivity index (χ3n) is 3.18. The Morgan fingerprint density at radius 3 is 2.57 bits per heavy atom. The van der Waals surface area contributed by atoms with Crippen LogP contribution in [0.2, 0.25) is 0 Å². The molecule has 2 rings (SSSR count). The zero-order chi connectivity index (χ0) is 15.2. The number of rotatable bonds is 6. The van der Waals surface area contributed by atoms with Crippen molar-refractivity contribution in [1.29, 1.82) is 0 Å². The van der Waals surface area contributed by atoms with Gasteiger partial charge in [0, 0.05) is 19.0 Å². The fourth-order valence-electron chi connectivity index (χ4n) is 2.23. The number of amides is 1. The Morgan fingerprint density at radius 1 is 1.14 bits per heavy atom. The molecule has 1 N–H and O–H groups in total. The van der Waals surface area contributed by atoms with Crippen LogP contribution in [0.3, 0.4) is 0 Å². The lowest BCUT2D eigenvalue weighted by atomic mass is 10.1. The first-order valence-electron chi connectivity index (χ1n) is 6.62. The number of anilines is 1. The number of hydrogen-bond donors (Lipinski definition) is 1. The van der Waals surface area contributed by atoms with E-state index in [1.165, 1.54) is 12.0 Å². The molecule has 1 amide bonds. The molecule has 0 unspecified atom stereocenters. The maximum atomic E-state index is 12.2. The maximum Gasteiger partial charge on any atom is 0.305 e. The highest BCUT2D eigenvalue weighted by atomic mass is 16.5. The normalized spacial score (nSPS) is 10.5. The van der Waals surface area contributed by atoms with Crippen molar-refractivity contribution in [1.82, 2.24) is 0 Å². The molecule has 0 radical (unpaired) electrons.